The zero-order valence-corrected chi connectivity index (χ0v) is 13.3. The van der Waals surface area contributed by atoms with E-state index in [-0.39, 0.29) is 12.4 Å². The van der Waals surface area contributed by atoms with Crippen LogP contribution >= 0.6 is 12.4 Å². The zero-order valence-electron chi connectivity index (χ0n) is 12.5. The number of halogens is 1. The first-order valence-electron chi connectivity index (χ1n) is 7.38. The molecule has 0 spiro atoms. The summed E-state index contributed by atoms with van der Waals surface area (Å²) < 4.78 is 1.97. The van der Waals surface area contributed by atoms with E-state index in [2.05, 4.69) is 27.1 Å². The number of aromatic nitrogens is 2. The van der Waals surface area contributed by atoms with Crippen molar-refractivity contribution >= 4 is 12.4 Å². The Morgan fingerprint density at radius 1 is 1.30 bits per heavy atom. The molecule has 3 heterocycles. The number of nitrogens with one attached hydrogen (secondary N) is 1. The maximum absolute atomic E-state index is 4.34. The van der Waals surface area contributed by atoms with Gasteiger partial charge in [-0.3, -0.25) is 14.5 Å². The summed E-state index contributed by atoms with van der Waals surface area (Å²) in [5.41, 5.74) is 2.68. The van der Waals surface area contributed by atoms with E-state index in [9.17, 15) is 0 Å². The monoisotopic (exact) mass is 299 g/mol. The molecule has 2 aliphatic rings. The second-order valence-electron chi connectivity index (χ2n) is 5.84. The lowest BCUT2D eigenvalue weighted by Gasteiger charge is -2.32. The second-order valence-corrected chi connectivity index (χ2v) is 5.84. The van der Waals surface area contributed by atoms with Gasteiger partial charge in [0.05, 0.1) is 6.20 Å². The first-order chi connectivity index (χ1) is 9.24. The molecule has 20 heavy (non-hydrogen) atoms. The molecule has 1 aromatic heterocycles. The van der Waals surface area contributed by atoms with Crippen molar-refractivity contribution in [1.29, 1.82) is 0 Å². The molecule has 114 valence electrons. The average Bonchev–Trinajstić information content (AvgIpc) is 3.02. The van der Waals surface area contributed by atoms with Crippen LogP contribution in [-0.4, -0.2) is 64.9 Å². The topological polar surface area (TPSA) is 36.3 Å². The van der Waals surface area contributed by atoms with Crippen LogP contribution in [-0.2, 0) is 13.6 Å². The van der Waals surface area contributed by atoms with Crippen LogP contribution in [0.2, 0.25) is 0 Å². The maximum atomic E-state index is 4.34. The Bertz CT molecular complexity index is 427. The predicted octanol–water partition coefficient (Wildman–Crippen LogP) is 0.630. The Labute approximate surface area is 127 Å². The van der Waals surface area contributed by atoms with Crippen LogP contribution in [0, 0.1) is 6.92 Å². The van der Waals surface area contributed by atoms with Crippen LogP contribution in [0.15, 0.2) is 6.20 Å². The van der Waals surface area contributed by atoms with Crippen molar-refractivity contribution in [3.05, 3.63) is 17.5 Å². The first kappa shape index (κ1) is 15.8. The number of likely N-dealkylation sites (tertiary alicyclic amines) is 1. The van der Waals surface area contributed by atoms with Crippen molar-refractivity contribution in [3.63, 3.8) is 0 Å². The molecule has 5 nitrogen and oxygen atoms in total. The lowest BCUT2D eigenvalue weighted by atomic mass is 10.2. The number of rotatable bonds is 3. The van der Waals surface area contributed by atoms with Gasteiger partial charge in [-0.25, -0.2) is 0 Å². The van der Waals surface area contributed by atoms with Gasteiger partial charge in [-0.05, 0) is 13.3 Å². The summed E-state index contributed by atoms with van der Waals surface area (Å²) >= 11 is 0. The summed E-state index contributed by atoms with van der Waals surface area (Å²) in [6, 6.07) is 0.763. The molecule has 6 heteroatoms. The van der Waals surface area contributed by atoms with Crippen LogP contribution in [0.5, 0.6) is 0 Å². The summed E-state index contributed by atoms with van der Waals surface area (Å²) in [5.74, 6) is 0. The Hall–Kier alpha value is -0.620. The van der Waals surface area contributed by atoms with Gasteiger partial charge in [-0.15, -0.1) is 12.4 Å². The van der Waals surface area contributed by atoms with Gasteiger partial charge in [0, 0.05) is 70.2 Å². The summed E-state index contributed by atoms with van der Waals surface area (Å²) in [6.07, 6.45) is 3.34. The molecular weight excluding hydrogens is 274 g/mol. The third kappa shape index (κ3) is 3.34. The number of hydrogen-bond acceptors (Lipinski definition) is 4. The maximum Gasteiger partial charge on any atom is 0.0537 e. The highest BCUT2D eigenvalue weighted by molar-refractivity contribution is 5.85. The van der Waals surface area contributed by atoms with E-state index in [1.807, 2.05) is 17.9 Å². The van der Waals surface area contributed by atoms with E-state index >= 15 is 0 Å². The number of nitrogens with zero attached hydrogens (tertiary/aromatic N) is 4. The predicted molar refractivity (Wildman–Crippen MR) is 83.3 cm³/mol. The van der Waals surface area contributed by atoms with E-state index < -0.39 is 0 Å². The normalized spacial score (nSPS) is 24.8. The Morgan fingerprint density at radius 2 is 2.05 bits per heavy atom. The highest BCUT2D eigenvalue weighted by Gasteiger charge is 2.28. The molecule has 2 aliphatic heterocycles. The molecule has 1 atom stereocenters. The minimum atomic E-state index is 0. The quantitative estimate of drug-likeness (QED) is 0.888. The van der Waals surface area contributed by atoms with Gasteiger partial charge < -0.3 is 5.32 Å². The summed E-state index contributed by atoms with van der Waals surface area (Å²) in [4.78, 5) is 5.24. The smallest absolute Gasteiger partial charge is 0.0537 e. The van der Waals surface area contributed by atoms with E-state index in [0.29, 0.717) is 0 Å². The first-order valence-corrected chi connectivity index (χ1v) is 7.38. The third-order valence-corrected chi connectivity index (χ3v) is 4.65. The highest BCUT2D eigenvalue weighted by Crippen LogP contribution is 2.19. The fraction of sp³-hybridized carbons (Fsp3) is 0.786. The minimum absolute atomic E-state index is 0. The van der Waals surface area contributed by atoms with Gasteiger partial charge in [0.2, 0.25) is 0 Å². The second kappa shape index (κ2) is 6.89. The summed E-state index contributed by atoms with van der Waals surface area (Å²) in [6.45, 7) is 10.4. The van der Waals surface area contributed by atoms with Crippen LogP contribution in [0.3, 0.4) is 0 Å². The number of aryl methyl sites for hydroxylation is 1. The lowest BCUT2D eigenvalue weighted by molar-refractivity contribution is 0.170. The molecule has 2 saturated heterocycles. The Kier molecular flexibility index (Phi) is 5.43. The van der Waals surface area contributed by atoms with E-state index in [1.54, 1.807) is 0 Å². The van der Waals surface area contributed by atoms with Crippen molar-refractivity contribution in [3.8, 4) is 0 Å². The van der Waals surface area contributed by atoms with Gasteiger partial charge in [0.25, 0.3) is 0 Å². The van der Waals surface area contributed by atoms with Crippen molar-refractivity contribution in [1.82, 2.24) is 24.9 Å². The Morgan fingerprint density at radius 3 is 2.70 bits per heavy atom. The number of piperazine rings is 1. The molecule has 1 aromatic rings. The molecule has 1 unspecified atom stereocenters. The van der Waals surface area contributed by atoms with Crippen LogP contribution < -0.4 is 5.32 Å². The van der Waals surface area contributed by atoms with E-state index in [1.165, 1.54) is 43.9 Å². The van der Waals surface area contributed by atoms with Gasteiger partial charge in [-0.1, -0.05) is 0 Å². The SMILES string of the molecule is Cc1c(CN2CCC(N3CCNCC3)C2)cnn1C.Cl. The van der Waals surface area contributed by atoms with E-state index in [4.69, 9.17) is 0 Å². The van der Waals surface area contributed by atoms with Gasteiger partial charge in [0.1, 0.15) is 0 Å². The molecule has 3 rings (SSSR count). The zero-order chi connectivity index (χ0) is 13.2. The minimum Gasteiger partial charge on any atom is -0.314 e. The Balaban J connectivity index is 0.00000147. The standard InChI is InChI=1S/C14H25N5.ClH/c1-12-13(9-16-17(12)2)10-18-6-3-14(11-18)19-7-4-15-5-8-19;/h9,14-15H,3-8,10-11H2,1-2H3;1H. The highest BCUT2D eigenvalue weighted by atomic mass is 35.5. The van der Waals surface area contributed by atoms with Crippen molar-refractivity contribution in [2.24, 2.45) is 7.05 Å². The average molecular weight is 300 g/mol. The molecule has 0 amide bonds. The van der Waals surface area contributed by atoms with E-state index in [0.717, 1.165) is 25.7 Å². The summed E-state index contributed by atoms with van der Waals surface area (Å²) in [7, 11) is 2.02. The van der Waals surface area contributed by atoms with Gasteiger partial charge >= 0.3 is 0 Å². The molecule has 0 aromatic carbocycles. The lowest BCUT2D eigenvalue weighted by Crippen LogP contribution is -2.49. The molecule has 0 saturated carbocycles. The summed E-state index contributed by atoms with van der Waals surface area (Å²) in [5, 5.41) is 7.77. The molecule has 2 fully saturated rings. The fourth-order valence-electron chi connectivity index (χ4n) is 3.24. The molecule has 1 N–H and O–H groups in total. The molecule has 0 aliphatic carbocycles. The van der Waals surface area contributed by atoms with Crippen molar-refractivity contribution in [2.45, 2.75) is 25.9 Å². The van der Waals surface area contributed by atoms with Gasteiger partial charge in [0.15, 0.2) is 0 Å². The van der Waals surface area contributed by atoms with Crippen LogP contribution in [0.1, 0.15) is 17.7 Å². The largest absolute Gasteiger partial charge is 0.314 e. The third-order valence-electron chi connectivity index (χ3n) is 4.65. The van der Waals surface area contributed by atoms with Crippen molar-refractivity contribution < 1.29 is 0 Å². The molecule has 0 radical (unpaired) electrons. The van der Waals surface area contributed by atoms with Crippen LogP contribution in [0.4, 0.5) is 0 Å². The number of hydrogen-bond donors (Lipinski definition) is 1. The molecule has 0 bridgehead atoms. The molecular formula is C14H26ClN5. The fourth-order valence-corrected chi connectivity index (χ4v) is 3.24. The van der Waals surface area contributed by atoms with Gasteiger partial charge in [-0.2, -0.15) is 5.10 Å². The van der Waals surface area contributed by atoms with Crippen molar-refractivity contribution in [2.75, 3.05) is 39.3 Å². The van der Waals surface area contributed by atoms with Crippen LogP contribution in [0.25, 0.3) is 0 Å².